The summed E-state index contributed by atoms with van der Waals surface area (Å²) in [6.07, 6.45) is 10.7. The Bertz CT molecular complexity index is 274. The Balaban J connectivity index is 2.63. The van der Waals surface area contributed by atoms with Crippen LogP contribution in [0, 0.1) is 0 Å². The monoisotopic (exact) mass is 253 g/mol. The van der Waals surface area contributed by atoms with Crippen LogP contribution in [-0.2, 0) is 9.53 Å². The van der Waals surface area contributed by atoms with Crippen molar-refractivity contribution >= 4 is 5.97 Å². The topological polar surface area (TPSA) is 29.5 Å². The van der Waals surface area contributed by atoms with Gasteiger partial charge in [-0.25, -0.2) is 0 Å². The zero-order valence-electron chi connectivity index (χ0n) is 12.0. The minimum Gasteiger partial charge on any atom is -0.465 e. The highest BCUT2D eigenvalue weighted by Gasteiger charge is 2.22. The van der Waals surface area contributed by atoms with Gasteiger partial charge in [0.15, 0.2) is 0 Å². The molecule has 104 valence electrons. The van der Waals surface area contributed by atoms with Gasteiger partial charge in [-0.05, 0) is 40.0 Å². The number of esters is 1. The maximum absolute atomic E-state index is 11.7. The van der Waals surface area contributed by atoms with Crippen LogP contribution in [0.25, 0.3) is 0 Å². The first-order chi connectivity index (χ1) is 8.65. The summed E-state index contributed by atoms with van der Waals surface area (Å²) in [5.74, 6) is -0.110. The molecule has 0 amide bonds. The van der Waals surface area contributed by atoms with Crippen molar-refractivity contribution in [3.05, 3.63) is 12.2 Å². The molecule has 0 aromatic rings. The van der Waals surface area contributed by atoms with Crippen LogP contribution >= 0.6 is 0 Å². The second kappa shape index (κ2) is 8.30. The van der Waals surface area contributed by atoms with Crippen molar-refractivity contribution in [2.24, 2.45) is 0 Å². The molecule has 0 heterocycles. The molecule has 1 aliphatic rings. The van der Waals surface area contributed by atoms with Gasteiger partial charge in [0.1, 0.15) is 0 Å². The molecule has 3 nitrogen and oxygen atoms in total. The van der Waals surface area contributed by atoms with Crippen LogP contribution < -0.4 is 0 Å². The maximum atomic E-state index is 11.7. The average molecular weight is 253 g/mol. The molecular formula is C15H27NO2. The lowest BCUT2D eigenvalue weighted by Crippen LogP contribution is -2.43. The number of carbonyl (C=O) groups is 1. The third-order valence-corrected chi connectivity index (χ3v) is 3.44. The first-order valence-electron chi connectivity index (χ1n) is 7.23. The van der Waals surface area contributed by atoms with E-state index in [2.05, 4.69) is 30.9 Å². The molecule has 1 rings (SSSR count). The zero-order chi connectivity index (χ0) is 13.4. The maximum Gasteiger partial charge on any atom is 0.320 e. The minimum atomic E-state index is -0.110. The molecule has 1 unspecified atom stereocenters. The van der Waals surface area contributed by atoms with E-state index in [4.69, 9.17) is 4.74 Å². The van der Waals surface area contributed by atoms with Gasteiger partial charge in [-0.15, -0.1) is 0 Å². The van der Waals surface area contributed by atoms with E-state index in [1.165, 1.54) is 25.7 Å². The predicted molar refractivity (Wildman–Crippen MR) is 74.5 cm³/mol. The molecule has 18 heavy (non-hydrogen) atoms. The molecule has 1 aliphatic carbocycles. The van der Waals surface area contributed by atoms with E-state index in [9.17, 15) is 4.79 Å². The summed E-state index contributed by atoms with van der Waals surface area (Å²) in [5, 5.41) is 0. The summed E-state index contributed by atoms with van der Waals surface area (Å²) < 4.78 is 5.06. The molecule has 0 bridgehead atoms. The summed E-state index contributed by atoms with van der Waals surface area (Å²) in [7, 11) is 0. The Morgan fingerprint density at radius 2 is 2.17 bits per heavy atom. The lowest BCUT2D eigenvalue weighted by Gasteiger charge is -2.33. The van der Waals surface area contributed by atoms with Gasteiger partial charge >= 0.3 is 5.97 Å². The number of nitrogens with zero attached hydrogens (tertiary/aromatic N) is 1. The number of rotatable bonds is 5. The van der Waals surface area contributed by atoms with Crippen molar-refractivity contribution < 1.29 is 9.53 Å². The van der Waals surface area contributed by atoms with Crippen molar-refractivity contribution in [2.75, 3.05) is 13.2 Å². The van der Waals surface area contributed by atoms with E-state index in [1.54, 1.807) is 0 Å². The van der Waals surface area contributed by atoms with E-state index >= 15 is 0 Å². The third-order valence-electron chi connectivity index (χ3n) is 3.44. The standard InChI is InChI=1S/C15H27NO2/c1-4-18-15(17)12-16(13(2)3)14-10-8-6-5-7-9-11-14/h8,10,13-14H,4-7,9,11-12H2,1-3H3/b10-8+. The summed E-state index contributed by atoms with van der Waals surface area (Å²) >= 11 is 0. The van der Waals surface area contributed by atoms with Crippen LogP contribution in [0.5, 0.6) is 0 Å². The lowest BCUT2D eigenvalue weighted by molar-refractivity contribution is -0.145. The van der Waals surface area contributed by atoms with Crippen LogP contribution in [0.3, 0.4) is 0 Å². The van der Waals surface area contributed by atoms with E-state index in [-0.39, 0.29) is 5.97 Å². The first kappa shape index (κ1) is 15.2. The van der Waals surface area contributed by atoms with Gasteiger partial charge in [-0.2, -0.15) is 0 Å². The highest BCUT2D eigenvalue weighted by atomic mass is 16.5. The van der Waals surface area contributed by atoms with Crippen molar-refractivity contribution in [1.29, 1.82) is 0 Å². The number of carbonyl (C=O) groups excluding carboxylic acids is 1. The largest absolute Gasteiger partial charge is 0.465 e. The fourth-order valence-electron chi connectivity index (χ4n) is 2.46. The first-order valence-corrected chi connectivity index (χ1v) is 7.23. The van der Waals surface area contributed by atoms with Gasteiger partial charge in [0.25, 0.3) is 0 Å². The molecule has 3 heteroatoms. The Morgan fingerprint density at radius 3 is 2.83 bits per heavy atom. The zero-order valence-corrected chi connectivity index (χ0v) is 12.0. The molecule has 0 aliphatic heterocycles. The van der Waals surface area contributed by atoms with Crippen LogP contribution in [-0.4, -0.2) is 36.1 Å². The van der Waals surface area contributed by atoms with Crippen LogP contribution in [0.1, 0.15) is 52.9 Å². The smallest absolute Gasteiger partial charge is 0.320 e. The summed E-state index contributed by atoms with van der Waals surface area (Å²) in [5.41, 5.74) is 0. The van der Waals surface area contributed by atoms with Gasteiger partial charge in [0.2, 0.25) is 0 Å². The van der Waals surface area contributed by atoms with E-state index in [0.29, 0.717) is 25.2 Å². The molecule has 0 aromatic heterocycles. The summed E-state index contributed by atoms with van der Waals surface area (Å²) in [6.45, 7) is 7.01. The Hall–Kier alpha value is -0.830. The fourth-order valence-corrected chi connectivity index (χ4v) is 2.46. The SMILES string of the molecule is CCOC(=O)CN(C(C)C)C1/C=C/CCCCC1. The quantitative estimate of drug-likeness (QED) is 0.557. The van der Waals surface area contributed by atoms with Crippen molar-refractivity contribution in [3.8, 4) is 0 Å². The average Bonchev–Trinajstić information content (AvgIpc) is 2.26. The second-order valence-corrected chi connectivity index (χ2v) is 5.20. The normalized spacial score (nSPS) is 22.6. The van der Waals surface area contributed by atoms with Crippen LogP contribution in [0.4, 0.5) is 0 Å². The van der Waals surface area contributed by atoms with Crippen LogP contribution in [0.15, 0.2) is 12.2 Å². The number of hydrogen-bond acceptors (Lipinski definition) is 3. The molecule has 0 saturated heterocycles. The van der Waals surface area contributed by atoms with Gasteiger partial charge in [-0.1, -0.05) is 25.0 Å². The van der Waals surface area contributed by atoms with Gasteiger partial charge in [-0.3, -0.25) is 9.69 Å². The molecule has 0 saturated carbocycles. The number of ether oxygens (including phenoxy) is 1. The molecule has 0 aromatic carbocycles. The number of hydrogen-bond donors (Lipinski definition) is 0. The second-order valence-electron chi connectivity index (χ2n) is 5.20. The molecule has 0 fully saturated rings. The predicted octanol–water partition coefficient (Wildman–Crippen LogP) is 3.15. The third kappa shape index (κ3) is 5.21. The van der Waals surface area contributed by atoms with E-state index in [0.717, 1.165) is 6.42 Å². The van der Waals surface area contributed by atoms with E-state index in [1.807, 2.05) is 6.92 Å². The van der Waals surface area contributed by atoms with Gasteiger partial charge < -0.3 is 4.74 Å². The Labute approximate surface area is 111 Å². The summed E-state index contributed by atoms with van der Waals surface area (Å²) in [6, 6.07) is 0.748. The highest BCUT2D eigenvalue weighted by Crippen LogP contribution is 2.18. The molecule has 0 spiro atoms. The molecule has 0 radical (unpaired) electrons. The Morgan fingerprint density at radius 1 is 1.39 bits per heavy atom. The Kier molecular flexibility index (Phi) is 7.02. The van der Waals surface area contributed by atoms with Gasteiger partial charge in [0, 0.05) is 12.1 Å². The fraction of sp³-hybridized carbons (Fsp3) is 0.800. The molecule has 0 N–H and O–H groups in total. The van der Waals surface area contributed by atoms with Crippen molar-refractivity contribution in [2.45, 2.75) is 65.0 Å². The van der Waals surface area contributed by atoms with Crippen LogP contribution in [0.2, 0.25) is 0 Å². The molecular weight excluding hydrogens is 226 g/mol. The lowest BCUT2D eigenvalue weighted by atomic mass is 10.00. The summed E-state index contributed by atoms with van der Waals surface area (Å²) in [4.78, 5) is 13.9. The number of allylic oxidation sites excluding steroid dienone is 1. The highest BCUT2D eigenvalue weighted by molar-refractivity contribution is 5.71. The van der Waals surface area contributed by atoms with Crippen molar-refractivity contribution in [3.63, 3.8) is 0 Å². The van der Waals surface area contributed by atoms with Gasteiger partial charge in [0.05, 0.1) is 13.2 Å². The van der Waals surface area contributed by atoms with Crippen molar-refractivity contribution in [1.82, 2.24) is 4.90 Å². The van der Waals surface area contributed by atoms with E-state index < -0.39 is 0 Å². The minimum absolute atomic E-state index is 0.110. The molecule has 1 atom stereocenters.